The van der Waals surface area contributed by atoms with Crippen LogP contribution in [0.5, 0.6) is 11.5 Å². The first kappa shape index (κ1) is 13.6. The number of rotatable bonds is 5. The molecule has 0 heterocycles. The van der Waals surface area contributed by atoms with E-state index >= 15 is 0 Å². The van der Waals surface area contributed by atoms with Crippen LogP contribution in [0.15, 0.2) is 18.2 Å². The molecule has 3 rings (SSSR count). The van der Waals surface area contributed by atoms with Crippen molar-refractivity contribution < 1.29 is 23.4 Å². The first-order valence-electron chi connectivity index (χ1n) is 7.01. The van der Waals surface area contributed by atoms with Crippen molar-refractivity contribution in [1.29, 1.82) is 0 Å². The highest BCUT2D eigenvalue weighted by atomic mass is 19.3. The van der Waals surface area contributed by atoms with Crippen molar-refractivity contribution in [1.82, 2.24) is 0 Å². The SMILES string of the molecule is OCc1ccc(OC(F)F)c(OC2CC3CCC2C3)c1. The van der Waals surface area contributed by atoms with Gasteiger partial charge in [-0.05, 0) is 55.2 Å². The molecule has 1 N–H and O–H groups in total. The van der Waals surface area contributed by atoms with Gasteiger partial charge in [-0.15, -0.1) is 0 Å². The van der Waals surface area contributed by atoms with E-state index in [0.717, 1.165) is 12.8 Å². The van der Waals surface area contributed by atoms with E-state index in [4.69, 9.17) is 9.84 Å². The first-order chi connectivity index (χ1) is 9.65. The summed E-state index contributed by atoms with van der Waals surface area (Å²) in [5.41, 5.74) is 0.629. The molecule has 0 aliphatic heterocycles. The normalized spacial score (nSPS) is 28.1. The average Bonchev–Trinajstić information content (AvgIpc) is 3.02. The predicted octanol–water partition coefficient (Wildman–Crippen LogP) is 3.35. The van der Waals surface area contributed by atoms with Gasteiger partial charge >= 0.3 is 6.61 Å². The molecular weight excluding hydrogens is 266 g/mol. The van der Waals surface area contributed by atoms with Gasteiger partial charge in [0.1, 0.15) is 6.10 Å². The lowest BCUT2D eigenvalue weighted by molar-refractivity contribution is -0.0524. The second kappa shape index (κ2) is 5.56. The molecule has 110 valence electrons. The van der Waals surface area contributed by atoms with E-state index in [1.807, 2.05) is 0 Å². The highest BCUT2D eigenvalue weighted by Crippen LogP contribution is 2.47. The number of ether oxygens (including phenoxy) is 2. The lowest BCUT2D eigenvalue weighted by Crippen LogP contribution is -2.24. The topological polar surface area (TPSA) is 38.7 Å². The molecule has 2 aliphatic rings. The van der Waals surface area contributed by atoms with Gasteiger partial charge in [-0.2, -0.15) is 8.78 Å². The molecule has 5 heteroatoms. The molecule has 0 radical (unpaired) electrons. The van der Waals surface area contributed by atoms with Crippen molar-refractivity contribution in [3.05, 3.63) is 23.8 Å². The molecule has 0 spiro atoms. The Morgan fingerprint density at radius 2 is 2.05 bits per heavy atom. The third-order valence-corrected chi connectivity index (χ3v) is 4.36. The standard InChI is InChI=1S/C15H18F2O3/c16-15(17)20-12-4-2-10(8-18)7-14(12)19-13-6-9-1-3-11(13)5-9/h2,4,7,9,11,13,15,18H,1,3,5-6,8H2. The van der Waals surface area contributed by atoms with Crippen molar-refractivity contribution in [3.63, 3.8) is 0 Å². The maximum absolute atomic E-state index is 12.4. The highest BCUT2D eigenvalue weighted by Gasteiger charge is 2.41. The van der Waals surface area contributed by atoms with Gasteiger partial charge in [0.2, 0.25) is 0 Å². The smallest absolute Gasteiger partial charge is 0.387 e. The van der Waals surface area contributed by atoms with E-state index in [-0.39, 0.29) is 18.5 Å². The van der Waals surface area contributed by atoms with Gasteiger partial charge in [0, 0.05) is 0 Å². The maximum Gasteiger partial charge on any atom is 0.387 e. The summed E-state index contributed by atoms with van der Waals surface area (Å²) in [7, 11) is 0. The van der Waals surface area contributed by atoms with Crippen LogP contribution in [0, 0.1) is 11.8 Å². The number of hydrogen-bond donors (Lipinski definition) is 1. The molecule has 0 amide bonds. The van der Waals surface area contributed by atoms with Gasteiger partial charge in [0.25, 0.3) is 0 Å². The van der Waals surface area contributed by atoms with Crippen molar-refractivity contribution in [2.75, 3.05) is 0 Å². The zero-order valence-electron chi connectivity index (χ0n) is 11.1. The molecular formula is C15H18F2O3. The number of fused-ring (bicyclic) bond motifs is 2. The summed E-state index contributed by atoms with van der Waals surface area (Å²) in [6.07, 6.45) is 4.65. The number of alkyl halides is 2. The molecule has 0 aromatic heterocycles. The predicted molar refractivity (Wildman–Crippen MR) is 68.9 cm³/mol. The summed E-state index contributed by atoms with van der Waals surface area (Å²) in [5.74, 6) is 1.59. The van der Waals surface area contributed by atoms with Crippen LogP contribution in [0.2, 0.25) is 0 Å². The second-order valence-corrected chi connectivity index (χ2v) is 5.65. The van der Waals surface area contributed by atoms with Crippen LogP contribution in [-0.2, 0) is 6.61 Å². The average molecular weight is 284 g/mol. The Kier molecular flexibility index (Phi) is 3.78. The van der Waals surface area contributed by atoms with Crippen molar-refractivity contribution in [2.24, 2.45) is 11.8 Å². The Labute approximate surface area is 116 Å². The van der Waals surface area contributed by atoms with Crippen molar-refractivity contribution >= 4 is 0 Å². The molecule has 2 bridgehead atoms. The Balaban J connectivity index is 1.78. The van der Waals surface area contributed by atoms with E-state index in [9.17, 15) is 8.78 Å². The molecule has 20 heavy (non-hydrogen) atoms. The Bertz CT molecular complexity index is 478. The van der Waals surface area contributed by atoms with E-state index in [1.54, 1.807) is 12.1 Å². The monoisotopic (exact) mass is 284 g/mol. The number of aliphatic hydroxyl groups is 1. The van der Waals surface area contributed by atoms with Gasteiger partial charge in [-0.25, -0.2) is 0 Å². The largest absolute Gasteiger partial charge is 0.486 e. The molecule has 1 aromatic carbocycles. The van der Waals surface area contributed by atoms with Crippen LogP contribution in [0.3, 0.4) is 0 Å². The van der Waals surface area contributed by atoms with Gasteiger partial charge in [-0.1, -0.05) is 6.07 Å². The number of aliphatic hydroxyl groups excluding tert-OH is 1. The first-order valence-corrected chi connectivity index (χ1v) is 7.01. The third kappa shape index (κ3) is 2.73. The molecule has 2 fully saturated rings. The fourth-order valence-electron chi connectivity index (χ4n) is 3.43. The van der Waals surface area contributed by atoms with Crippen LogP contribution < -0.4 is 9.47 Å². The van der Waals surface area contributed by atoms with Crippen LogP contribution in [0.1, 0.15) is 31.2 Å². The lowest BCUT2D eigenvalue weighted by atomic mass is 9.97. The molecule has 1 aromatic rings. The van der Waals surface area contributed by atoms with Crippen molar-refractivity contribution in [3.8, 4) is 11.5 Å². The van der Waals surface area contributed by atoms with Crippen molar-refractivity contribution in [2.45, 2.75) is 45.0 Å². The van der Waals surface area contributed by atoms with Gasteiger partial charge in [0.05, 0.1) is 6.61 Å². The minimum atomic E-state index is -2.88. The molecule has 2 saturated carbocycles. The van der Waals surface area contributed by atoms with E-state index < -0.39 is 6.61 Å². The minimum absolute atomic E-state index is 0.0416. The summed E-state index contributed by atoms with van der Waals surface area (Å²) >= 11 is 0. The zero-order valence-corrected chi connectivity index (χ0v) is 11.1. The van der Waals surface area contributed by atoms with Gasteiger partial charge in [-0.3, -0.25) is 0 Å². The number of benzene rings is 1. The Morgan fingerprint density at radius 1 is 1.20 bits per heavy atom. The van der Waals surface area contributed by atoms with Crippen LogP contribution in [0.25, 0.3) is 0 Å². The molecule has 3 nitrogen and oxygen atoms in total. The maximum atomic E-state index is 12.4. The van der Waals surface area contributed by atoms with E-state index in [0.29, 0.717) is 23.1 Å². The molecule has 3 atom stereocenters. The number of hydrogen-bond acceptors (Lipinski definition) is 3. The quantitative estimate of drug-likeness (QED) is 0.901. The van der Waals surface area contributed by atoms with Gasteiger partial charge in [0.15, 0.2) is 11.5 Å². The Hall–Kier alpha value is -1.36. The molecule has 2 aliphatic carbocycles. The minimum Gasteiger partial charge on any atom is -0.486 e. The fraction of sp³-hybridized carbons (Fsp3) is 0.600. The van der Waals surface area contributed by atoms with Crippen LogP contribution in [0.4, 0.5) is 8.78 Å². The summed E-state index contributed by atoms with van der Waals surface area (Å²) in [4.78, 5) is 0. The van der Waals surface area contributed by atoms with E-state index in [2.05, 4.69) is 4.74 Å². The van der Waals surface area contributed by atoms with Crippen LogP contribution in [-0.4, -0.2) is 17.8 Å². The summed E-state index contributed by atoms with van der Waals surface area (Å²) in [6.45, 7) is -3.03. The number of halogens is 2. The summed E-state index contributed by atoms with van der Waals surface area (Å²) in [6, 6.07) is 4.58. The second-order valence-electron chi connectivity index (χ2n) is 5.65. The molecule has 0 saturated heterocycles. The molecule has 3 unspecified atom stereocenters. The Morgan fingerprint density at radius 3 is 2.65 bits per heavy atom. The summed E-state index contributed by atoms with van der Waals surface area (Å²) in [5, 5.41) is 9.16. The summed E-state index contributed by atoms with van der Waals surface area (Å²) < 4.78 is 35.2. The highest BCUT2D eigenvalue weighted by molar-refractivity contribution is 5.43. The zero-order chi connectivity index (χ0) is 14.1. The fourth-order valence-corrected chi connectivity index (χ4v) is 3.43. The van der Waals surface area contributed by atoms with Gasteiger partial charge < -0.3 is 14.6 Å². The lowest BCUT2D eigenvalue weighted by Gasteiger charge is -2.24. The van der Waals surface area contributed by atoms with E-state index in [1.165, 1.54) is 18.9 Å². The van der Waals surface area contributed by atoms with Crippen LogP contribution >= 0.6 is 0 Å². The third-order valence-electron chi connectivity index (χ3n) is 4.36.